The lowest BCUT2D eigenvalue weighted by Gasteiger charge is -2.16. The first-order valence-electron chi connectivity index (χ1n) is 7.98. The molecule has 1 atom stereocenters. The van der Waals surface area contributed by atoms with Crippen LogP contribution >= 0.6 is 12.4 Å². The van der Waals surface area contributed by atoms with Crippen molar-refractivity contribution >= 4 is 18.3 Å². The minimum absolute atomic E-state index is 0. The summed E-state index contributed by atoms with van der Waals surface area (Å²) in [6.45, 7) is 3.24. The number of aryl methyl sites for hydroxylation is 1. The van der Waals surface area contributed by atoms with Crippen molar-refractivity contribution in [3.63, 3.8) is 0 Å². The Labute approximate surface area is 153 Å². The standard InChI is InChI=1S/C18H21N3O3.ClH/c1-12-7-13(10-19)8-17(20-12)24-16-4-2-3-14(9-16)18(23)21-6-5-15(22)11-21;/h2-4,7-9,15,22H,5-6,10-11,19H2,1H3;1H/t15-;/m0./s1. The van der Waals surface area contributed by atoms with Crippen molar-refractivity contribution in [2.45, 2.75) is 26.0 Å². The highest BCUT2D eigenvalue weighted by molar-refractivity contribution is 5.94. The zero-order valence-electron chi connectivity index (χ0n) is 14.0. The fraction of sp³-hybridized carbons (Fsp3) is 0.333. The SMILES string of the molecule is Cc1cc(CN)cc(Oc2cccc(C(=O)N3CC[C@H](O)C3)c2)n1.Cl. The smallest absolute Gasteiger partial charge is 0.254 e. The summed E-state index contributed by atoms with van der Waals surface area (Å²) >= 11 is 0. The molecule has 1 aromatic carbocycles. The van der Waals surface area contributed by atoms with E-state index >= 15 is 0 Å². The van der Waals surface area contributed by atoms with E-state index in [4.69, 9.17) is 10.5 Å². The number of rotatable bonds is 4. The summed E-state index contributed by atoms with van der Waals surface area (Å²) in [5.74, 6) is 0.898. The van der Waals surface area contributed by atoms with E-state index in [1.165, 1.54) is 0 Å². The minimum atomic E-state index is -0.431. The summed E-state index contributed by atoms with van der Waals surface area (Å²) in [5.41, 5.74) is 7.97. The number of carbonyl (C=O) groups is 1. The van der Waals surface area contributed by atoms with Crippen LogP contribution in [0.1, 0.15) is 28.0 Å². The lowest BCUT2D eigenvalue weighted by atomic mass is 10.2. The second-order valence-corrected chi connectivity index (χ2v) is 5.98. The predicted octanol–water partition coefficient (Wildman–Crippen LogP) is 2.27. The molecule has 7 heteroatoms. The number of halogens is 1. The largest absolute Gasteiger partial charge is 0.439 e. The number of benzene rings is 1. The number of aromatic nitrogens is 1. The molecular weight excluding hydrogens is 342 g/mol. The van der Waals surface area contributed by atoms with Crippen molar-refractivity contribution in [2.24, 2.45) is 5.73 Å². The van der Waals surface area contributed by atoms with E-state index in [1.54, 1.807) is 35.2 Å². The van der Waals surface area contributed by atoms with Crippen molar-refractivity contribution in [2.75, 3.05) is 13.1 Å². The maximum absolute atomic E-state index is 12.5. The van der Waals surface area contributed by atoms with Gasteiger partial charge in [0.2, 0.25) is 5.88 Å². The van der Waals surface area contributed by atoms with Crippen LogP contribution in [0.3, 0.4) is 0 Å². The molecule has 1 fully saturated rings. The number of hydrogen-bond acceptors (Lipinski definition) is 5. The third kappa shape index (κ3) is 4.69. The number of nitrogens with zero attached hydrogens (tertiary/aromatic N) is 2. The van der Waals surface area contributed by atoms with Gasteiger partial charge in [0.05, 0.1) is 6.10 Å². The van der Waals surface area contributed by atoms with Gasteiger partial charge in [-0.05, 0) is 43.2 Å². The molecule has 0 unspecified atom stereocenters. The molecule has 3 N–H and O–H groups in total. The number of hydrogen-bond donors (Lipinski definition) is 2. The highest BCUT2D eigenvalue weighted by atomic mass is 35.5. The Bertz CT molecular complexity index is 754. The normalized spacial score (nSPS) is 16.4. The van der Waals surface area contributed by atoms with Gasteiger partial charge in [0.1, 0.15) is 5.75 Å². The maximum Gasteiger partial charge on any atom is 0.254 e. The van der Waals surface area contributed by atoms with Gasteiger partial charge in [0.15, 0.2) is 0 Å². The third-order valence-corrected chi connectivity index (χ3v) is 3.98. The van der Waals surface area contributed by atoms with Gasteiger partial charge in [0, 0.05) is 37.0 Å². The number of aliphatic hydroxyl groups excluding tert-OH is 1. The molecule has 0 aliphatic carbocycles. The number of nitrogens with two attached hydrogens (primary N) is 1. The van der Waals surface area contributed by atoms with Crippen LogP contribution in [0, 0.1) is 6.92 Å². The maximum atomic E-state index is 12.5. The summed E-state index contributed by atoms with van der Waals surface area (Å²) in [7, 11) is 0. The predicted molar refractivity (Wildman–Crippen MR) is 97.2 cm³/mol. The van der Waals surface area contributed by atoms with Gasteiger partial charge in [0.25, 0.3) is 5.91 Å². The van der Waals surface area contributed by atoms with Crippen molar-refractivity contribution in [1.29, 1.82) is 0 Å². The van der Waals surface area contributed by atoms with E-state index in [-0.39, 0.29) is 18.3 Å². The Morgan fingerprint density at radius 1 is 1.40 bits per heavy atom. The van der Waals surface area contributed by atoms with Crippen LogP contribution < -0.4 is 10.5 Å². The van der Waals surface area contributed by atoms with Gasteiger partial charge >= 0.3 is 0 Å². The molecule has 1 aliphatic rings. The zero-order valence-corrected chi connectivity index (χ0v) is 14.8. The number of aliphatic hydroxyl groups is 1. The van der Waals surface area contributed by atoms with E-state index in [0.29, 0.717) is 43.2 Å². The second kappa shape index (κ2) is 8.29. The third-order valence-electron chi connectivity index (χ3n) is 3.98. The number of carbonyl (C=O) groups excluding carboxylic acids is 1. The van der Waals surface area contributed by atoms with Gasteiger partial charge in [-0.2, -0.15) is 0 Å². The molecule has 1 aliphatic heterocycles. The lowest BCUT2D eigenvalue weighted by molar-refractivity contribution is 0.0764. The van der Waals surface area contributed by atoms with Crippen LogP contribution in [0.4, 0.5) is 0 Å². The average molecular weight is 364 g/mol. The molecule has 1 saturated heterocycles. The van der Waals surface area contributed by atoms with Crippen molar-refractivity contribution in [3.05, 3.63) is 53.2 Å². The topological polar surface area (TPSA) is 88.7 Å². The van der Waals surface area contributed by atoms with Crippen molar-refractivity contribution in [3.8, 4) is 11.6 Å². The molecule has 1 amide bonds. The highest BCUT2D eigenvalue weighted by Crippen LogP contribution is 2.23. The Kier molecular flexibility index (Phi) is 6.36. The number of pyridine rings is 1. The molecule has 0 bridgehead atoms. The van der Waals surface area contributed by atoms with Gasteiger partial charge < -0.3 is 20.5 Å². The van der Waals surface area contributed by atoms with Gasteiger partial charge in [-0.3, -0.25) is 4.79 Å². The van der Waals surface area contributed by atoms with E-state index in [1.807, 2.05) is 13.0 Å². The summed E-state index contributed by atoms with van der Waals surface area (Å²) in [6, 6.07) is 10.7. The average Bonchev–Trinajstić information content (AvgIpc) is 3.00. The molecule has 0 saturated carbocycles. The minimum Gasteiger partial charge on any atom is -0.439 e. The number of likely N-dealkylation sites (tertiary alicyclic amines) is 1. The Morgan fingerprint density at radius 2 is 2.20 bits per heavy atom. The molecule has 1 aromatic heterocycles. The van der Waals surface area contributed by atoms with E-state index in [0.717, 1.165) is 11.3 Å². The van der Waals surface area contributed by atoms with Crippen LogP contribution in [-0.2, 0) is 6.54 Å². The van der Waals surface area contributed by atoms with Crippen LogP contribution in [0.2, 0.25) is 0 Å². The van der Waals surface area contributed by atoms with Crippen molar-refractivity contribution < 1.29 is 14.6 Å². The van der Waals surface area contributed by atoms with Gasteiger partial charge in [-0.1, -0.05) is 6.07 Å². The second-order valence-electron chi connectivity index (χ2n) is 5.98. The molecule has 25 heavy (non-hydrogen) atoms. The number of β-amino-alcohol motifs (C(OH)–C–C–N with tert-alkyl or cyclic N) is 1. The van der Waals surface area contributed by atoms with E-state index in [2.05, 4.69) is 4.98 Å². The Morgan fingerprint density at radius 3 is 2.88 bits per heavy atom. The fourth-order valence-electron chi connectivity index (χ4n) is 2.80. The molecular formula is C18H22ClN3O3. The van der Waals surface area contributed by atoms with Crippen LogP contribution in [-0.4, -0.2) is 40.1 Å². The molecule has 0 radical (unpaired) electrons. The quantitative estimate of drug-likeness (QED) is 0.869. The monoisotopic (exact) mass is 363 g/mol. The molecule has 0 spiro atoms. The summed E-state index contributed by atoms with van der Waals surface area (Å²) in [5, 5.41) is 9.58. The number of amides is 1. The molecule has 2 aromatic rings. The van der Waals surface area contributed by atoms with Crippen LogP contribution in [0.15, 0.2) is 36.4 Å². The molecule has 3 rings (SSSR count). The van der Waals surface area contributed by atoms with Gasteiger partial charge in [-0.25, -0.2) is 4.98 Å². The first kappa shape index (κ1) is 19.2. The Hall–Kier alpha value is -2.15. The fourth-order valence-corrected chi connectivity index (χ4v) is 2.80. The van der Waals surface area contributed by atoms with Crippen molar-refractivity contribution in [1.82, 2.24) is 9.88 Å². The number of ether oxygens (including phenoxy) is 1. The Balaban J connectivity index is 0.00000225. The molecule has 2 heterocycles. The highest BCUT2D eigenvalue weighted by Gasteiger charge is 2.25. The molecule has 134 valence electrons. The van der Waals surface area contributed by atoms with Crippen LogP contribution in [0.5, 0.6) is 11.6 Å². The summed E-state index contributed by atoms with van der Waals surface area (Å²) in [4.78, 5) is 18.5. The van der Waals surface area contributed by atoms with E-state index < -0.39 is 6.10 Å². The van der Waals surface area contributed by atoms with E-state index in [9.17, 15) is 9.90 Å². The summed E-state index contributed by atoms with van der Waals surface area (Å²) < 4.78 is 5.79. The first-order chi connectivity index (χ1) is 11.5. The van der Waals surface area contributed by atoms with Crippen LogP contribution in [0.25, 0.3) is 0 Å². The zero-order chi connectivity index (χ0) is 17.1. The summed E-state index contributed by atoms with van der Waals surface area (Å²) in [6.07, 6.45) is 0.191. The molecule has 6 nitrogen and oxygen atoms in total. The van der Waals surface area contributed by atoms with Gasteiger partial charge in [-0.15, -0.1) is 12.4 Å². The lowest BCUT2D eigenvalue weighted by Crippen LogP contribution is -2.29. The first-order valence-corrected chi connectivity index (χ1v) is 7.98.